The molecule has 3 rings (SSSR count). The molecule has 0 bridgehead atoms. The van der Waals surface area contributed by atoms with Crippen molar-refractivity contribution in [2.75, 3.05) is 6.54 Å². The summed E-state index contributed by atoms with van der Waals surface area (Å²) in [5.41, 5.74) is 11.1. The van der Waals surface area contributed by atoms with Gasteiger partial charge in [0.05, 0.1) is 14.4 Å². The van der Waals surface area contributed by atoms with Crippen molar-refractivity contribution >= 4 is 38.2 Å². The van der Waals surface area contributed by atoms with Crippen LogP contribution in [0.4, 0.5) is 0 Å². The second-order valence-electron chi connectivity index (χ2n) is 5.52. The van der Waals surface area contributed by atoms with E-state index in [1.807, 2.05) is 0 Å². The van der Waals surface area contributed by atoms with Crippen LogP contribution in [0.2, 0.25) is 0 Å². The second kappa shape index (κ2) is 6.99. The maximum Gasteiger partial charge on any atom is 0.0705 e. The van der Waals surface area contributed by atoms with Crippen LogP contribution in [0.25, 0.3) is 21.5 Å². The first-order valence-corrected chi connectivity index (χ1v) is 9.43. The van der Waals surface area contributed by atoms with Gasteiger partial charge >= 0.3 is 0 Å². The lowest BCUT2D eigenvalue weighted by atomic mass is 10.0. The van der Waals surface area contributed by atoms with E-state index >= 15 is 0 Å². The summed E-state index contributed by atoms with van der Waals surface area (Å²) in [5.74, 6) is 0. The van der Waals surface area contributed by atoms with Crippen LogP contribution in [0.15, 0.2) is 34.1 Å². The minimum atomic E-state index is 0.766. The van der Waals surface area contributed by atoms with Crippen LogP contribution in [0.5, 0.6) is 0 Å². The Labute approximate surface area is 143 Å². The second-order valence-corrected chi connectivity index (χ2v) is 7.98. The molecule has 3 aromatic rings. The van der Waals surface area contributed by atoms with Crippen LogP contribution in [0, 0.1) is 0 Å². The number of fused-ring (bicyclic) bond motifs is 1. The molecular formula is C18H21BrN2S. The molecule has 0 aliphatic carbocycles. The molecule has 0 spiro atoms. The molecule has 0 radical (unpaired) electrons. The number of hydrogen-bond acceptors (Lipinski definition) is 2. The molecule has 0 saturated carbocycles. The van der Waals surface area contributed by atoms with Crippen LogP contribution in [-0.2, 0) is 12.8 Å². The van der Waals surface area contributed by atoms with Crippen LogP contribution >= 0.6 is 27.3 Å². The van der Waals surface area contributed by atoms with Crippen molar-refractivity contribution in [3.8, 4) is 10.6 Å². The molecule has 2 nitrogen and oxygen atoms in total. The number of aromatic nitrogens is 1. The number of halogens is 1. The van der Waals surface area contributed by atoms with E-state index in [1.165, 1.54) is 36.4 Å². The number of nitrogens with two attached hydrogens (primary N) is 1. The summed E-state index contributed by atoms with van der Waals surface area (Å²) in [5, 5.41) is 1.37. The van der Waals surface area contributed by atoms with Crippen molar-refractivity contribution in [2.24, 2.45) is 5.73 Å². The number of benzene rings is 1. The predicted octanol–water partition coefficient (Wildman–Crippen LogP) is 5.50. The van der Waals surface area contributed by atoms with Crippen LogP contribution in [-0.4, -0.2) is 11.5 Å². The average Bonchev–Trinajstić information content (AvgIpc) is 3.11. The molecule has 0 saturated heterocycles. The van der Waals surface area contributed by atoms with E-state index in [4.69, 9.17) is 5.73 Å². The Morgan fingerprint density at radius 2 is 2.05 bits per heavy atom. The molecule has 116 valence electrons. The Morgan fingerprint density at radius 1 is 1.18 bits per heavy atom. The Morgan fingerprint density at radius 3 is 2.73 bits per heavy atom. The Bertz CT molecular complexity index is 773. The topological polar surface area (TPSA) is 41.8 Å². The summed E-state index contributed by atoms with van der Waals surface area (Å²) in [6, 6.07) is 11.0. The Balaban J connectivity index is 2.14. The third-order valence-electron chi connectivity index (χ3n) is 4.11. The summed E-state index contributed by atoms with van der Waals surface area (Å²) >= 11 is 5.36. The minimum absolute atomic E-state index is 0.766. The molecule has 0 atom stereocenters. The third-order valence-corrected chi connectivity index (χ3v) is 5.75. The summed E-state index contributed by atoms with van der Waals surface area (Å²) in [6.07, 6.45) is 4.34. The standard InChI is InChI=1S/C18H21BrN2S/c1-2-12-6-5-8-13-14(7-3-4-11-20)18(21-17(12)13)15-9-10-16(19)22-15/h5-6,8-10,21H,2-4,7,11,20H2,1H3. The van der Waals surface area contributed by atoms with E-state index in [1.54, 1.807) is 11.3 Å². The number of aryl methyl sites for hydroxylation is 2. The molecule has 0 aliphatic rings. The van der Waals surface area contributed by atoms with Gasteiger partial charge in [-0.05, 0) is 71.4 Å². The number of H-pyrrole nitrogens is 1. The van der Waals surface area contributed by atoms with E-state index < -0.39 is 0 Å². The highest BCUT2D eigenvalue weighted by atomic mass is 79.9. The zero-order valence-corrected chi connectivity index (χ0v) is 15.2. The highest BCUT2D eigenvalue weighted by Gasteiger charge is 2.15. The largest absolute Gasteiger partial charge is 0.353 e. The van der Waals surface area contributed by atoms with Crippen molar-refractivity contribution < 1.29 is 0 Å². The van der Waals surface area contributed by atoms with Gasteiger partial charge in [-0.25, -0.2) is 0 Å². The molecule has 0 aliphatic heterocycles. The van der Waals surface area contributed by atoms with Crippen LogP contribution < -0.4 is 5.73 Å². The van der Waals surface area contributed by atoms with Gasteiger partial charge in [-0.1, -0.05) is 25.1 Å². The van der Waals surface area contributed by atoms with Gasteiger partial charge in [-0.3, -0.25) is 0 Å². The van der Waals surface area contributed by atoms with Crippen molar-refractivity contribution in [1.82, 2.24) is 4.98 Å². The smallest absolute Gasteiger partial charge is 0.0705 e. The lowest BCUT2D eigenvalue weighted by molar-refractivity contribution is 0.748. The summed E-state index contributed by atoms with van der Waals surface area (Å²) in [7, 11) is 0. The lowest BCUT2D eigenvalue weighted by Gasteiger charge is -2.03. The van der Waals surface area contributed by atoms with Crippen molar-refractivity contribution in [2.45, 2.75) is 32.6 Å². The van der Waals surface area contributed by atoms with Crippen molar-refractivity contribution in [3.05, 3.63) is 45.2 Å². The molecule has 0 fully saturated rings. The van der Waals surface area contributed by atoms with Gasteiger partial charge in [0, 0.05) is 10.9 Å². The minimum Gasteiger partial charge on any atom is -0.353 e. The summed E-state index contributed by atoms with van der Waals surface area (Å²) in [6.45, 7) is 2.98. The van der Waals surface area contributed by atoms with E-state index in [0.717, 1.165) is 32.2 Å². The SMILES string of the molecule is CCc1cccc2c(CCCCN)c(-c3ccc(Br)s3)[nH]c12. The zero-order valence-electron chi connectivity index (χ0n) is 12.8. The Kier molecular flexibility index (Phi) is 5.01. The van der Waals surface area contributed by atoms with Crippen LogP contribution in [0.1, 0.15) is 30.9 Å². The van der Waals surface area contributed by atoms with E-state index in [2.05, 4.69) is 58.2 Å². The molecule has 22 heavy (non-hydrogen) atoms. The molecule has 0 amide bonds. The van der Waals surface area contributed by atoms with Gasteiger partial charge < -0.3 is 10.7 Å². The molecule has 2 aromatic heterocycles. The molecule has 4 heteroatoms. The normalized spacial score (nSPS) is 11.4. The highest BCUT2D eigenvalue weighted by Crippen LogP contribution is 2.37. The van der Waals surface area contributed by atoms with E-state index in [9.17, 15) is 0 Å². The lowest BCUT2D eigenvalue weighted by Crippen LogP contribution is -1.99. The molecule has 3 N–H and O–H groups in total. The van der Waals surface area contributed by atoms with E-state index in [-0.39, 0.29) is 0 Å². The number of aromatic amines is 1. The first-order chi connectivity index (χ1) is 10.7. The first kappa shape index (κ1) is 15.8. The fourth-order valence-electron chi connectivity index (χ4n) is 2.99. The number of thiophene rings is 1. The van der Waals surface area contributed by atoms with Gasteiger partial charge in [-0.2, -0.15) is 0 Å². The summed E-state index contributed by atoms with van der Waals surface area (Å²) in [4.78, 5) is 5.00. The number of nitrogens with one attached hydrogen (secondary N) is 1. The number of para-hydroxylation sites is 1. The van der Waals surface area contributed by atoms with Gasteiger partial charge in [-0.15, -0.1) is 11.3 Å². The number of hydrogen-bond donors (Lipinski definition) is 2. The third kappa shape index (κ3) is 3.00. The number of unbranched alkanes of at least 4 members (excludes halogenated alkanes) is 1. The molecule has 2 heterocycles. The monoisotopic (exact) mass is 376 g/mol. The van der Waals surface area contributed by atoms with Crippen molar-refractivity contribution in [3.63, 3.8) is 0 Å². The maximum absolute atomic E-state index is 5.67. The molecular weight excluding hydrogens is 356 g/mol. The Hall–Kier alpha value is -1.10. The first-order valence-electron chi connectivity index (χ1n) is 7.82. The zero-order chi connectivity index (χ0) is 15.5. The van der Waals surface area contributed by atoms with Gasteiger partial charge in [0.2, 0.25) is 0 Å². The average molecular weight is 377 g/mol. The van der Waals surface area contributed by atoms with E-state index in [0.29, 0.717) is 0 Å². The predicted molar refractivity (Wildman–Crippen MR) is 101 cm³/mol. The fraction of sp³-hybridized carbons (Fsp3) is 0.333. The maximum atomic E-state index is 5.67. The van der Waals surface area contributed by atoms with Gasteiger partial charge in [0.25, 0.3) is 0 Å². The number of rotatable bonds is 6. The summed E-state index contributed by atoms with van der Waals surface area (Å²) < 4.78 is 1.17. The molecule has 1 aromatic carbocycles. The van der Waals surface area contributed by atoms with Gasteiger partial charge in [0.15, 0.2) is 0 Å². The fourth-order valence-corrected chi connectivity index (χ4v) is 4.41. The van der Waals surface area contributed by atoms with Crippen LogP contribution in [0.3, 0.4) is 0 Å². The highest BCUT2D eigenvalue weighted by molar-refractivity contribution is 9.11. The van der Waals surface area contributed by atoms with Crippen molar-refractivity contribution in [1.29, 1.82) is 0 Å². The van der Waals surface area contributed by atoms with Gasteiger partial charge in [0.1, 0.15) is 0 Å². The molecule has 0 unspecified atom stereocenters. The quantitative estimate of drug-likeness (QED) is 0.547.